The number of halogens is 2. The molecule has 2 nitrogen and oxygen atoms in total. The summed E-state index contributed by atoms with van der Waals surface area (Å²) in [6.45, 7) is 0. The van der Waals surface area contributed by atoms with Gasteiger partial charge in [-0.25, -0.2) is 0 Å². The number of Topliss-reactive ketones (excluding diaryl/α,β-unsaturated/α-hetero) is 1. The molecule has 0 fully saturated rings. The zero-order chi connectivity index (χ0) is 11.3. The van der Waals surface area contributed by atoms with Gasteiger partial charge in [-0.3, -0.25) is 4.79 Å². The molecule has 0 heterocycles. The quantitative estimate of drug-likeness (QED) is 0.614. The third kappa shape index (κ3) is 3.21. The molecule has 82 valence electrons. The molecule has 1 rings (SSSR count). The fourth-order valence-corrected chi connectivity index (χ4v) is 1.84. The first-order chi connectivity index (χ1) is 7.22. The van der Waals surface area contributed by atoms with E-state index in [0.717, 1.165) is 5.56 Å². The van der Waals surface area contributed by atoms with Crippen molar-refractivity contribution in [1.82, 2.24) is 0 Å². The summed E-state index contributed by atoms with van der Waals surface area (Å²) in [7, 11) is 1.57. The van der Waals surface area contributed by atoms with Crippen molar-refractivity contribution in [2.24, 2.45) is 0 Å². The fraction of sp³-hybridized carbons (Fsp3) is 0.364. The maximum atomic E-state index is 11.6. The van der Waals surface area contributed by atoms with Crippen LogP contribution in [0.5, 0.6) is 5.75 Å². The van der Waals surface area contributed by atoms with Crippen molar-refractivity contribution < 1.29 is 9.53 Å². The molecular formula is C11H12BrClO2. The lowest BCUT2D eigenvalue weighted by atomic mass is 10.1. The van der Waals surface area contributed by atoms with Crippen LogP contribution in [0.25, 0.3) is 0 Å². The fourth-order valence-electron chi connectivity index (χ4n) is 1.26. The molecule has 0 spiro atoms. The molecule has 0 unspecified atom stereocenters. The van der Waals surface area contributed by atoms with Crippen molar-refractivity contribution in [3.8, 4) is 5.75 Å². The van der Waals surface area contributed by atoms with Gasteiger partial charge in [0.2, 0.25) is 0 Å². The summed E-state index contributed by atoms with van der Waals surface area (Å²) in [4.78, 5) is 11.6. The molecule has 1 aromatic rings. The molecule has 4 heteroatoms. The van der Waals surface area contributed by atoms with E-state index in [9.17, 15) is 4.79 Å². The van der Waals surface area contributed by atoms with Gasteiger partial charge in [0.25, 0.3) is 0 Å². The van der Waals surface area contributed by atoms with Crippen molar-refractivity contribution >= 4 is 33.3 Å². The topological polar surface area (TPSA) is 26.3 Å². The predicted molar refractivity (Wildman–Crippen MR) is 65.3 cm³/mol. The second kappa shape index (κ2) is 6.13. The van der Waals surface area contributed by atoms with Gasteiger partial charge < -0.3 is 4.74 Å². The van der Waals surface area contributed by atoms with Crippen molar-refractivity contribution in [3.05, 3.63) is 29.3 Å². The summed E-state index contributed by atoms with van der Waals surface area (Å²) in [5.74, 6) is 1.16. The molecule has 0 atom stereocenters. The van der Waals surface area contributed by atoms with Crippen LogP contribution in [0, 0.1) is 0 Å². The molecule has 0 N–H and O–H groups in total. The van der Waals surface area contributed by atoms with Crippen LogP contribution in [0.15, 0.2) is 18.2 Å². The zero-order valence-electron chi connectivity index (χ0n) is 8.43. The summed E-state index contributed by atoms with van der Waals surface area (Å²) >= 11 is 8.97. The van der Waals surface area contributed by atoms with Gasteiger partial charge in [0.05, 0.1) is 13.0 Å². The Kier molecular flexibility index (Phi) is 5.12. The first kappa shape index (κ1) is 12.5. The minimum Gasteiger partial charge on any atom is -0.496 e. The highest BCUT2D eigenvalue weighted by Crippen LogP contribution is 2.22. The van der Waals surface area contributed by atoms with E-state index in [0.29, 0.717) is 28.9 Å². The standard InChI is InChI=1S/C11H12BrClO2/c1-15-11-6-8(10(14)4-5-12)2-3-9(11)7-13/h2-3,6H,4-5,7H2,1H3. The Morgan fingerprint density at radius 1 is 1.53 bits per heavy atom. The smallest absolute Gasteiger partial charge is 0.163 e. The summed E-state index contributed by atoms with van der Waals surface area (Å²) in [5.41, 5.74) is 1.56. The number of ether oxygens (including phenoxy) is 1. The maximum absolute atomic E-state index is 11.6. The van der Waals surface area contributed by atoms with Crippen LogP contribution in [0.1, 0.15) is 22.3 Å². The van der Waals surface area contributed by atoms with E-state index >= 15 is 0 Å². The zero-order valence-corrected chi connectivity index (χ0v) is 10.8. The molecule has 0 saturated heterocycles. The molecule has 0 aliphatic rings. The molecule has 0 saturated carbocycles. The van der Waals surface area contributed by atoms with Gasteiger partial charge >= 0.3 is 0 Å². The van der Waals surface area contributed by atoms with E-state index in [-0.39, 0.29) is 5.78 Å². The van der Waals surface area contributed by atoms with Crippen molar-refractivity contribution in [2.45, 2.75) is 12.3 Å². The first-order valence-electron chi connectivity index (χ1n) is 4.55. The Morgan fingerprint density at radius 3 is 2.80 bits per heavy atom. The highest BCUT2D eigenvalue weighted by Gasteiger charge is 2.08. The highest BCUT2D eigenvalue weighted by atomic mass is 79.9. The Labute approximate surface area is 103 Å². The molecular weight excluding hydrogens is 279 g/mol. The number of methoxy groups -OCH3 is 1. The lowest BCUT2D eigenvalue weighted by Crippen LogP contribution is -2.01. The van der Waals surface area contributed by atoms with Gasteiger partial charge in [-0.2, -0.15) is 0 Å². The normalized spacial score (nSPS) is 10.1. The number of carbonyl (C=O) groups is 1. The van der Waals surface area contributed by atoms with E-state index in [1.165, 1.54) is 0 Å². The van der Waals surface area contributed by atoms with E-state index < -0.39 is 0 Å². The van der Waals surface area contributed by atoms with Crippen LogP contribution in [-0.2, 0) is 5.88 Å². The SMILES string of the molecule is COc1cc(C(=O)CCBr)ccc1CCl. The van der Waals surface area contributed by atoms with Crippen molar-refractivity contribution in [2.75, 3.05) is 12.4 Å². The molecule has 1 aromatic carbocycles. The van der Waals surface area contributed by atoms with E-state index in [4.69, 9.17) is 16.3 Å². The van der Waals surface area contributed by atoms with Crippen LogP contribution in [0.2, 0.25) is 0 Å². The van der Waals surface area contributed by atoms with Crippen molar-refractivity contribution in [1.29, 1.82) is 0 Å². The first-order valence-corrected chi connectivity index (χ1v) is 6.20. The van der Waals surface area contributed by atoms with E-state index in [1.54, 1.807) is 19.2 Å². The molecule has 0 bridgehead atoms. The summed E-state index contributed by atoms with van der Waals surface area (Å²) in [6, 6.07) is 5.35. The minimum atomic E-state index is 0.103. The average molecular weight is 292 g/mol. The van der Waals surface area contributed by atoms with Crippen LogP contribution in [-0.4, -0.2) is 18.2 Å². The van der Waals surface area contributed by atoms with Gasteiger partial charge in [0.15, 0.2) is 5.78 Å². The van der Waals surface area contributed by atoms with Crippen molar-refractivity contribution in [3.63, 3.8) is 0 Å². The molecule has 15 heavy (non-hydrogen) atoms. The monoisotopic (exact) mass is 290 g/mol. The van der Waals surface area contributed by atoms with Gasteiger partial charge in [-0.1, -0.05) is 28.1 Å². The van der Waals surface area contributed by atoms with E-state index in [1.807, 2.05) is 6.07 Å². The second-order valence-electron chi connectivity index (χ2n) is 3.02. The Balaban J connectivity index is 2.97. The third-order valence-electron chi connectivity index (χ3n) is 2.07. The molecule has 0 aliphatic carbocycles. The molecule has 0 amide bonds. The number of ketones is 1. The number of alkyl halides is 2. The number of rotatable bonds is 5. The van der Waals surface area contributed by atoms with Crippen LogP contribution < -0.4 is 4.74 Å². The lowest BCUT2D eigenvalue weighted by molar-refractivity contribution is 0.0989. The summed E-state index contributed by atoms with van der Waals surface area (Å²) in [6.07, 6.45) is 0.489. The number of hydrogen-bond donors (Lipinski definition) is 0. The highest BCUT2D eigenvalue weighted by molar-refractivity contribution is 9.09. The number of hydrogen-bond acceptors (Lipinski definition) is 2. The largest absolute Gasteiger partial charge is 0.496 e. The van der Waals surface area contributed by atoms with Crippen LogP contribution >= 0.6 is 27.5 Å². The van der Waals surface area contributed by atoms with Crippen LogP contribution in [0.3, 0.4) is 0 Å². The lowest BCUT2D eigenvalue weighted by Gasteiger charge is -2.07. The maximum Gasteiger partial charge on any atom is 0.163 e. The Bertz CT molecular complexity index is 352. The van der Waals surface area contributed by atoms with Crippen LogP contribution in [0.4, 0.5) is 0 Å². The Hall–Kier alpha value is -0.540. The molecule has 0 aromatic heterocycles. The predicted octanol–water partition coefficient (Wildman–Crippen LogP) is 3.40. The van der Waals surface area contributed by atoms with E-state index in [2.05, 4.69) is 15.9 Å². The Morgan fingerprint density at radius 2 is 2.27 bits per heavy atom. The minimum absolute atomic E-state index is 0.103. The van der Waals surface area contributed by atoms with Gasteiger partial charge in [0.1, 0.15) is 5.75 Å². The summed E-state index contributed by atoms with van der Waals surface area (Å²) in [5, 5.41) is 0.672. The molecule has 0 radical (unpaired) electrons. The third-order valence-corrected chi connectivity index (χ3v) is 2.76. The van der Waals surface area contributed by atoms with Gasteiger partial charge in [-0.05, 0) is 6.07 Å². The molecule has 0 aliphatic heterocycles. The van der Waals surface area contributed by atoms with Gasteiger partial charge in [-0.15, -0.1) is 11.6 Å². The second-order valence-corrected chi connectivity index (χ2v) is 4.08. The summed E-state index contributed by atoms with van der Waals surface area (Å²) < 4.78 is 5.16. The van der Waals surface area contributed by atoms with Gasteiger partial charge in [0, 0.05) is 22.9 Å². The average Bonchev–Trinajstić information content (AvgIpc) is 2.28. The number of carbonyl (C=O) groups excluding carboxylic acids is 1. The number of benzene rings is 1.